The van der Waals surface area contributed by atoms with Crippen molar-refractivity contribution in [1.82, 2.24) is 5.32 Å². The Bertz CT molecular complexity index is 567. The number of hydrogen-bond acceptors (Lipinski definition) is 3. The zero-order valence-corrected chi connectivity index (χ0v) is 12.7. The van der Waals surface area contributed by atoms with Gasteiger partial charge in [-0.15, -0.1) is 0 Å². The predicted molar refractivity (Wildman–Crippen MR) is 85.1 cm³/mol. The van der Waals surface area contributed by atoms with E-state index in [4.69, 9.17) is 9.84 Å². The van der Waals surface area contributed by atoms with Gasteiger partial charge in [-0.3, -0.25) is 0 Å². The summed E-state index contributed by atoms with van der Waals surface area (Å²) in [5.41, 5.74) is 3.27. The Balaban J connectivity index is 1.94. The van der Waals surface area contributed by atoms with Crippen LogP contribution in [-0.4, -0.2) is 11.2 Å². The largest absolute Gasteiger partial charge is 0.491 e. The van der Waals surface area contributed by atoms with E-state index in [9.17, 15) is 0 Å². The van der Waals surface area contributed by atoms with Gasteiger partial charge in [-0.05, 0) is 31.0 Å². The summed E-state index contributed by atoms with van der Waals surface area (Å²) in [7, 11) is 0. The van der Waals surface area contributed by atoms with Crippen molar-refractivity contribution < 1.29 is 9.84 Å². The standard InChI is InChI=1S/C18H23NO2/c1-14(2)21-18-9-4-3-8-17(18)12-19-11-15-6-5-7-16(10-15)13-20/h3-10,14,19-20H,11-13H2,1-2H3. The maximum Gasteiger partial charge on any atom is 0.124 e. The molecule has 0 unspecified atom stereocenters. The number of benzene rings is 2. The van der Waals surface area contributed by atoms with E-state index in [1.54, 1.807) is 0 Å². The molecular formula is C18H23NO2. The fourth-order valence-electron chi connectivity index (χ4n) is 2.20. The van der Waals surface area contributed by atoms with Crippen LogP contribution in [0.3, 0.4) is 0 Å². The molecule has 0 saturated heterocycles. The minimum Gasteiger partial charge on any atom is -0.491 e. The second-order valence-corrected chi connectivity index (χ2v) is 5.36. The summed E-state index contributed by atoms with van der Waals surface area (Å²) in [6.07, 6.45) is 0.174. The Labute approximate surface area is 126 Å². The van der Waals surface area contributed by atoms with Crippen LogP contribution in [-0.2, 0) is 19.7 Å². The first-order valence-corrected chi connectivity index (χ1v) is 7.33. The fourth-order valence-corrected chi connectivity index (χ4v) is 2.20. The van der Waals surface area contributed by atoms with Crippen LogP contribution in [0.25, 0.3) is 0 Å². The second-order valence-electron chi connectivity index (χ2n) is 5.36. The Morgan fingerprint density at radius 3 is 2.52 bits per heavy atom. The Hall–Kier alpha value is -1.84. The van der Waals surface area contributed by atoms with Gasteiger partial charge >= 0.3 is 0 Å². The van der Waals surface area contributed by atoms with Crippen LogP contribution >= 0.6 is 0 Å². The molecule has 0 spiro atoms. The molecule has 0 amide bonds. The van der Waals surface area contributed by atoms with Gasteiger partial charge in [0.25, 0.3) is 0 Å². The van der Waals surface area contributed by atoms with Crippen LogP contribution in [0, 0.1) is 0 Å². The number of rotatable bonds is 7. The molecule has 2 aromatic carbocycles. The van der Waals surface area contributed by atoms with Crippen molar-refractivity contribution in [3.05, 3.63) is 65.2 Å². The van der Waals surface area contributed by atoms with Crippen molar-refractivity contribution in [2.45, 2.75) is 39.6 Å². The second kappa shape index (κ2) is 7.81. The molecule has 2 N–H and O–H groups in total. The van der Waals surface area contributed by atoms with Crippen LogP contribution in [0.1, 0.15) is 30.5 Å². The maximum atomic E-state index is 9.15. The van der Waals surface area contributed by atoms with E-state index in [0.717, 1.165) is 30.0 Å². The van der Waals surface area contributed by atoms with Crippen LogP contribution in [0.15, 0.2) is 48.5 Å². The van der Waals surface area contributed by atoms with E-state index in [1.807, 2.05) is 50.2 Å². The van der Waals surface area contributed by atoms with E-state index in [1.165, 1.54) is 5.56 Å². The molecular weight excluding hydrogens is 262 g/mol. The molecule has 112 valence electrons. The summed E-state index contributed by atoms with van der Waals surface area (Å²) >= 11 is 0. The molecule has 2 rings (SSSR count). The third kappa shape index (κ3) is 4.88. The molecule has 2 aromatic rings. The molecule has 21 heavy (non-hydrogen) atoms. The molecule has 0 aliphatic carbocycles. The highest BCUT2D eigenvalue weighted by Crippen LogP contribution is 2.19. The van der Waals surface area contributed by atoms with Crippen molar-refractivity contribution in [2.24, 2.45) is 0 Å². The first-order chi connectivity index (χ1) is 10.2. The fraction of sp³-hybridized carbons (Fsp3) is 0.333. The third-order valence-electron chi connectivity index (χ3n) is 3.15. The monoisotopic (exact) mass is 285 g/mol. The smallest absolute Gasteiger partial charge is 0.124 e. The quantitative estimate of drug-likeness (QED) is 0.820. The summed E-state index contributed by atoms with van der Waals surface area (Å²) < 4.78 is 5.81. The van der Waals surface area contributed by atoms with Gasteiger partial charge in [0.1, 0.15) is 5.75 Å². The van der Waals surface area contributed by atoms with E-state index in [-0.39, 0.29) is 12.7 Å². The van der Waals surface area contributed by atoms with Gasteiger partial charge in [-0.2, -0.15) is 0 Å². The SMILES string of the molecule is CC(C)Oc1ccccc1CNCc1cccc(CO)c1. The number of hydrogen-bond donors (Lipinski definition) is 2. The van der Waals surface area contributed by atoms with Crippen molar-refractivity contribution in [2.75, 3.05) is 0 Å². The summed E-state index contributed by atoms with van der Waals surface area (Å²) in [6.45, 7) is 5.67. The average molecular weight is 285 g/mol. The number of aliphatic hydroxyl groups excluding tert-OH is 1. The molecule has 0 bridgehead atoms. The van der Waals surface area contributed by atoms with Crippen LogP contribution in [0.5, 0.6) is 5.75 Å². The van der Waals surface area contributed by atoms with E-state index >= 15 is 0 Å². The van der Waals surface area contributed by atoms with Gasteiger partial charge in [0.2, 0.25) is 0 Å². The molecule has 0 atom stereocenters. The number of aliphatic hydroxyl groups is 1. The van der Waals surface area contributed by atoms with Crippen molar-refractivity contribution in [3.8, 4) is 5.75 Å². The van der Waals surface area contributed by atoms with Gasteiger partial charge in [0.15, 0.2) is 0 Å². The summed E-state index contributed by atoms with van der Waals surface area (Å²) in [6, 6.07) is 16.1. The maximum absolute atomic E-state index is 9.15. The highest BCUT2D eigenvalue weighted by Gasteiger charge is 2.04. The zero-order chi connectivity index (χ0) is 15.1. The number of ether oxygens (including phenoxy) is 1. The molecule has 0 fully saturated rings. The topological polar surface area (TPSA) is 41.5 Å². The minimum atomic E-state index is 0.0822. The van der Waals surface area contributed by atoms with E-state index < -0.39 is 0 Å². The van der Waals surface area contributed by atoms with Gasteiger partial charge in [-0.25, -0.2) is 0 Å². The molecule has 3 nitrogen and oxygen atoms in total. The van der Waals surface area contributed by atoms with Gasteiger partial charge in [-0.1, -0.05) is 42.5 Å². The molecule has 0 aliphatic rings. The number of nitrogens with one attached hydrogen (secondary N) is 1. The highest BCUT2D eigenvalue weighted by molar-refractivity contribution is 5.33. The number of para-hydroxylation sites is 1. The lowest BCUT2D eigenvalue weighted by Gasteiger charge is -2.14. The minimum absolute atomic E-state index is 0.0822. The lowest BCUT2D eigenvalue weighted by Crippen LogP contribution is -2.15. The Morgan fingerprint density at radius 2 is 1.76 bits per heavy atom. The van der Waals surface area contributed by atoms with E-state index in [0.29, 0.717) is 0 Å². The third-order valence-corrected chi connectivity index (χ3v) is 3.15. The van der Waals surface area contributed by atoms with Gasteiger partial charge in [0.05, 0.1) is 12.7 Å². The Morgan fingerprint density at radius 1 is 1.00 bits per heavy atom. The predicted octanol–water partition coefficient (Wildman–Crippen LogP) is 3.26. The zero-order valence-electron chi connectivity index (χ0n) is 12.7. The molecule has 0 saturated carbocycles. The van der Waals surface area contributed by atoms with Crippen molar-refractivity contribution in [1.29, 1.82) is 0 Å². The first-order valence-electron chi connectivity index (χ1n) is 7.33. The molecule has 0 radical (unpaired) electrons. The Kier molecular flexibility index (Phi) is 5.78. The van der Waals surface area contributed by atoms with Crippen LogP contribution in [0.2, 0.25) is 0 Å². The molecule has 0 aliphatic heterocycles. The lowest BCUT2D eigenvalue weighted by atomic mass is 10.1. The normalized spacial score (nSPS) is 10.9. The summed E-state index contributed by atoms with van der Waals surface area (Å²) in [5.74, 6) is 0.934. The summed E-state index contributed by atoms with van der Waals surface area (Å²) in [4.78, 5) is 0. The lowest BCUT2D eigenvalue weighted by molar-refractivity contribution is 0.239. The van der Waals surface area contributed by atoms with Crippen molar-refractivity contribution >= 4 is 0 Å². The first kappa shape index (κ1) is 15.5. The van der Waals surface area contributed by atoms with Crippen LogP contribution < -0.4 is 10.1 Å². The average Bonchev–Trinajstić information content (AvgIpc) is 2.49. The highest BCUT2D eigenvalue weighted by atomic mass is 16.5. The molecule has 0 heterocycles. The summed E-state index contributed by atoms with van der Waals surface area (Å²) in [5, 5.41) is 12.6. The van der Waals surface area contributed by atoms with Gasteiger partial charge < -0.3 is 15.2 Å². The van der Waals surface area contributed by atoms with Crippen molar-refractivity contribution in [3.63, 3.8) is 0 Å². The van der Waals surface area contributed by atoms with Gasteiger partial charge in [0, 0.05) is 18.7 Å². The van der Waals surface area contributed by atoms with Crippen LogP contribution in [0.4, 0.5) is 0 Å². The van der Waals surface area contributed by atoms with E-state index in [2.05, 4.69) is 17.4 Å². The molecule has 3 heteroatoms. The molecule has 0 aromatic heterocycles.